The molecule has 0 aromatic heterocycles. The second-order valence-corrected chi connectivity index (χ2v) is 4.69. The molecular weight excluding hydrogens is 268 g/mol. The lowest BCUT2D eigenvalue weighted by molar-refractivity contribution is 0.102. The molecule has 98 valence electrons. The predicted octanol–water partition coefficient (Wildman–Crippen LogP) is 3.94. The van der Waals surface area contributed by atoms with Crippen LogP contribution in [0.3, 0.4) is 0 Å². The van der Waals surface area contributed by atoms with Gasteiger partial charge in [0.1, 0.15) is 11.6 Å². The highest BCUT2D eigenvalue weighted by molar-refractivity contribution is 7.98. The van der Waals surface area contributed by atoms with Crippen LogP contribution in [0.1, 0.15) is 10.4 Å². The zero-order chi connectivity index (χ0) is 13.8. The van der Waals surface area contributed by atoms with E-state index in [-0.39, 0.29) is 5.69 Å². The van der Waals surface area contributed by atoms with Crippen molar-refractivity contribution in [3.05, 3.63) is 59.7 Å². The molecule has 19 heavy (non-hydrogen) atoms. The number of carbonyl (C=O) groups excluding carboxylic acids is 1. The fourth-order valence-corrected chi connectivity index (χ4v) is 2.01. The molecule has 0 aliphatic carbocycles. The molecule has 1 N–H and O–H groups in total. The first-order valence-electron chi connectivity index (χ1n) is 5.50. The third kappa shape index (κ3) is 3.32. The Morgan fingerprint density at radius 3 is 2.63 bits per heavy atom. The van der Waals surface area contributed by atoms with E-state index in [1.807, 2.05) is 12.3 Å². The van der Waals surface area contributed by atoms with Crippen molar-refractivity contribution in [1.82, 2.24) is 0 Å². The molecule has 2 aromatic rings. The van der Waals surface area contributed by atoms with Crippen LogP contribution in [-0.2, 0) is 0 Å². The van der Waals surface area contributed by atoms with E-state index in [9.17, 15) is 13.6 Å². The van der Waals surface area contributed by atoms with Gasteiger partial charge in [0.05, 0.1) is 5.69 Å². The third-order valence-corrected chi connectivity index (χ3v) is 3.24. The molecule has 0 saturated heterocycles. The number of carbonyl (C=O) groups is 1. The average molecular weight is 279 g/mol. The molecule has 1 amide bonds. The zero-order valence-electron chi connectivity index (χ0n) is 10.1. The first kappa shape index (κ1) is 13.5. The van der Waals surface area contributed by atoms with E-state index in [1.165, 1.54) is 17.8 Å². The number of benzene rings is 2. The smallest absolute Gasteiger partial charge is 0.255 e. The number of thioether (sulfide) groups is 1. The molecule has 0 fully saturated rings. The summed E-state index contributed by atoms with van der Waals surface area (Å²) in [7, 11) is 0. The van der Waals surface area contributed by atoms with Crippen LogP contribution in [0.25, 0.3) is 0 Å². The lowest BCUT2D eigenvalue weighted by Crippen LogP contribution is -2.13. The Morgan fingerprint density at radius 2 is 1.95 bits per heavy atom. The minimum absolute atomic E-state index is 0.0408. The van der Waals surface area contributed by atoms with Gasteiger partial charge in [0.2, 0.25) is 0 Å². The molecule has 2 aromatic carbocycles. The van der Waals surface area contributed by atoms with Crippen LogP contribution < -0.4 is 5.32 Å². The van der Waals surface area contributed by atoms with E-state index < -0.39 is 17.5 Å². The molecule has 0 bridgehead atoms. The van der Waals surface area contributed by atoms with E-state index in [2.05, 4.69) is 5.32 Å². The Hall–Kier alpha value is -1.88. The molecule has 5 heteroatoms. The van der Waals surface area contributed by atoms with E-state index in [4.69, 9.17) is 0 Å². The molecule has 0 saturated carbocycles. The molecule has 2 rings (SSSR count). The third-order valence-electron chi connectivity index (χ3n) is 2.51. The maximum Gasteiger partial charge on any atom is 0.255 e. The van der Waals surface area contributed by atoms with E-state index >= 15 is 0 Å². The van der Waals surface area contributed by atoms with Gasteiger partial charge in [-0.2, -0.15) is 0 Å². The Balaban J connectivity index is 2.20. The Labute approximate surface area is 113 Å². The molecule has 0 radical (unpaired) electrons. The summed E-state index contributed by atoms with van der Waals surface area (Å²) in [6.45, 7) is 0. The first-order valence-corrected chi connectivity index (χ1v) is 6.73. The van der Waals surface area contributed by atoms with Crippen LogP contribution in [0.4, 0.5) is 14.5 Å². The van der Waals surface area contributed by atoms with Crippen LogP contribution in [0.5, 0.6) is 0 Å². The maximum atomic E-state index is 13.4. The summed E-state index contributed by atoms with van der Waals surface area (Å²) >= 11 is 1.51. The van der Waals surface area contributed by atoms with E-state index in [1.54, 1.807) is 18.2 Å². The number of anilines is 1. The van der Waals surface area contributed by atoms with Crippen LogP contribution in [0, 0.1) is 11.6 Å². The Kier molecular flexibility index (Phi) is 4.16. The van der Waals surface area contributed by atoms with Crippen molar-refractivity contribution in [3.63, 3.8) is 0 Å². The van der Waals surface area contributed by atoms with Gasteiger partial charge in [-0.25, -0.2) is 8.78 Å². The Morgan fingerprint density at radius 1 is 1.16 bits per heavy atom. The minimum atomic E-state index is -0.797. The summed E-state index contributed by atoms with van der Waals surface area (Å²) in [4.78, 5) is 12.9. The summed E-state index contributed by atoms with van der Waals surface area (Å²) in [5.74, 6) is -1.91. The lowest BCUT2D eigenvalue weighted by atomic mass is 10.2. The highest BCUT2D eigenvalue weighted by atomic mass is 32.2. The van der Waals surface area contributed by atoms with Crippen molar-refractivity contribution in [3.8, 4) is 0 Å². The predicted molar refractivity (Wildman–Crippen MR) is 72.5 cm³/mol. The number of nitrogens with one attached hydrogen (secondary N) is 1. The monoisotopic (exact) mass is 279 g/mol. The lowest BCUT2D eigenvalue weighted by Gasteiger charge is -2.07. The van der Waals surface area contributed by atoms with Crippen LogP contribution in [0.15, 0.2) is 47.4 Å². The molecule has 0 atom stereocenters. The maximum absolute atomic E-state index is 13.4. The quantitative estimate of drug-likeness (QED) is 0.862. The van der Waals surface area contributed by atoms with Crippen molar-refractivity contribution in [2.24, 2.45) is 0 Å². The highest BCUT2D eigenvalue weighted by Crippen LogP contribution is 2.19. The van der Waals surface area contributed by atoms with Crippen LogP contribution in [0.2, 0.25) is 0 Å². The van der Waals surface area contributed by atoms with Gasteiger partial charge in [-0.1, -0.05) is 6.07 Å². The van der Waals surface area contributed by atoms with E-state index in [0.717, 1.165) is 17.0 Å². The Bertz CT molecular complexity index is 616. The fraction of sp³-hybridized carbons (Fsp3) is 0.0714. The molecular formula is C14H11F2NOS. The van der Waals surface area contributed by atoms with Crippen molar-refractivity contribution in [1.29, 1.82) is 0 Å². The summed E-state index contributed by atoms with van der Waals surface area (Å²) in [5.41, 5.74) is 0.386. The normalized spacial score (nSPS) is 10.3. The van der Waals surface area contributed by atoms with Gasteiger partial charge < -0.3 is 5.32 Å². The van der Waals surface area contributed by atoms with Crippen molar-refractivity contribution < 1.29 is 13.6 Å². The SMILES string of the molecule is CSc1cccc(C(=O)Nc2ccc(F)cc2F)c1. The topological polar surface area (TPSA) is 29.1 Å². The van der Waals surface area contributed by atoms with Crippen LogP contribution >= 0.6 is 11.8 Å². The van der Waals surface area contributed by atoms with Gasteiger partial charge in [-0.3, -0.25) is 4.79 Å². The average Bonchev–Trinajstić information content (AvgIpc) is 2.42. The zero-order valence-corrected chi connectivity index (χ0v) is 10.9. The molecule has 0 unspecified atom stereocenters. The van der Waals surface area contributed by atoms with Crippen molar-refractivity contribution in [2.75, 3.05) is 11.6 Å². The molecule has 0 aliphatic rings. The second kappa shape index (κ2) is 5.84. The molecule has 0 heterocycles. The van der Waals surface area contributed by atoms with Gasteiger partial charge in [0.15, 0.2) is 0 Å². The summed E-state index contributed by atoms with van der Waals surface area (Å²) in [5, 5.41) is 2.42. The number of amides is 1. The molecule has 2 nitrogen and oxygen atoms in total. The minimum Gasteiger partial charge on any atom is -0.319 e. The number of hydrogen-bond acceptors (Lipinski definition) is 2. The second-order valence-electron chi connectivity index (χ2n) is 3.81. The number of rotatable bonds is 3. The van der Waals surface area contributed by atoms with Gasteiger partial charge >= 0.3 is 0 Å². The number of halogens is 2. The summed E-state index contributed by atoms with van der Waals surface area (Å²) in [6.07, 6.45) is 1.90. The van der Waals surface area contributed by atoms with Crippen LogP contribution in [-0.4, -0.2) is 12.2 Å². The van der Waals surface area contributed by atoms with Gasteiger partial charge in [0, 0.05) is 16.5 Å². The fourth-order valence-electron chi connectivity index (χ4n) is 1.55. The summed E-state index contributed by atoms with van der Waals surface area (Å²) < 4.78 is 26.2. The van der Waals surface area contributed by atoms with E-state index in [0.29, 0.717) is 5.56 Å². The van der Waals surface area contributed by atoms with Crippen molar-refractivity contribution >= 4 is 23.4 Å². The molecule has 0 aliphatic heterocycles. The standard InChI is InChI=1S/C14H11F2NOS/c1-19-11-4-2-3-9(7-11)14(18)17-13-6-5-10(15)8-12(13)16/h2-8H,1H3,(H,17,18). The largest absolute Gasteiger partial charge is 0.319 e. The van der Waals surface area contributed by atoms with Gasteiger partial charge in [0.25, 0.3) is 5.91 Å². The highest BCUT2D eigenvalue weighted by Gasteiger charge is 2.10. The van der Waals surface area contributed by atoms with Gasteiger partial charge in [-0.05, 0) is 36.6 Å². The van der Waals surface area contributed by atoms with Gasteiger partial charge in [-0.15, -0.1) is 11.8 Å². The molecule has 0 spiro atoms. The first-order chi connectivity index (χ1) is 9.10. The number of hydrogen-bond donors (Lipinski definition) is 1. The van der Waals surface area contributed by atoms with Crippen molar-refractivity contribution in [2.45, 2.75) is 4.90 Å². The summed E-state index contributed by atoms with van der Waals surface area (Å²) in [6, 6.07) is 9.99.